The van der Waals surface area contributed by atoms with Gasteiger partial charge >= 0.3 is 0 Å². The number of nitrogens with zero attached hydrogens (tertiary/aromatic N) is 3. The fourth-order valence-corrected chi connectivity index (χ4v) is 7.42. The van der Waals surface area contributed by atoms with Crippen LogP contribution in [-0.2, 0) is 4.79 Å². The highest BCUT2D eigenvalue weighted by atomic mass is 79.9. The summed E-state index contributed by atoms with van der Waals surface area (Å²) < 4.78 is 6.64. The van der Waals surface area contributed by atoms with E-state index in [1.807, 2.05) is 24.3 Å². The number of amides is 1. The summed E-state index contributed by atoms with van der Waals surface area (Å²) in [5.74, 6) is 4.51. The second-order valence-corrected chi connectivity index (χ2v) is 11.1. The van der Waals surface area contributed by atoms with Crippen LogP contribution in [0.1, 0.15) is 63.2 Å². The van der Waals surface area contributed by atoms with Crippen LogP contribution in [0, 0.1) is 23.2 Å². The Morgan fingerprint density at radius 3 is 2.20 bits per heavy atom. The summed E-state index contributed by atoms with van der Waals surface area (Å²) in [6, 6.07) is 7.96. The van der Waals surface area contributed by atoms with Crippen molar-refractivity contribution in [3.8, 4) is 11.4 Å². The van der Waals surface area contributed by atoms with Gasteiger partial charge in [-0.05, 0) is 93.4 Å². The Labute approximate surface area is 185 Å². The molecular formula is C24H28BrN3O2. The van der Waals surface area contributed by atoms with Gasteiger partial charge in [0.1, 0.15) is 0 Å². The minimum Gasteiger partial charge on any atom is -0.342 e. The Balaban J connectivity index is 1.12. The third-order valence-electron chi connectivity index (χ3n) is 8.17. The van der Waals surface area contributed by atoms with Crippen molar-refractivity contribution in [1.29, 1.82) is 0 Å². The predicted octanol–water partition coefficient (Wildman–Crippen LogP) is 5.42. The van der Waals surface area contributed by atoms with Crippen molar-refractivity contribution in [2.24, 2.45) is 23.2 Å². The van der Waals surface area contributed by atoms with Crippen LogP contribution < -0.4 is 0 Å². The maximum absolute atomic E-state index is 13.6. The highest BCUT2D eigenvalue weighted by Crippen LogP contribution is 2.60. The third-order valence-corrected chi connectivity index (χ3v) is 8.70. The van der Waals surface area contributed by atoms with Crippen molar-refractivity contribution >= 4 is 21.8 Å². The van der Waals surface area contributed by atoms with Gasteiger partial charge in [0.15, 0.2) is 0 Å². The number of rotatable bonds is 3. The van der Waals surface area contributed by atoms with Crippen molar-refractivity contribution in [2.75, 3.05) is 13.1 Å². The van der Waals surface area contributed by atoms with E-state index in [1.54, 1.807) is 0 Å². The Morgan fingerprint density at radius 1 is 1.00 bits per heavy atom. The van der Waals surface area contributed by atoms with Gasteiger partial charge < -0.3 is 9.42 Å². The molecule has 1 aliphatic heterocycles. The highest BCUT2D eigenvalue weighted by Gasteiger charge is 2.55. The first-order valence-corrected chi connectivity index (χ1v) is 12.3. The molecule has 2 heterocycles. The first kappa shape index (κ1) is 19.0. The fourth-order valence-electron chi connectivity index (χ4n) is 7.15. The third kappa shape index (κ3) is 3.22. The average Bonchev–Trinajstić information content (AvgIpc) is 3.23. The SMILES string of the molecule is O=C(N1CCC(c2nc(-c3ccc(Br)cc3)no2)CC1)C12CC3CC(CC(C3)C1)C2. The summed E-state index contributed by atoms with van der Waals surface area (Å²) in [5, 5.41) is 4.19. The largest absolute Gasteiger partial charge is 0.342 e. The molecule has 0 N–H and O–H groups in total. The number of aromatic nitrogens is 2. The summed E-state index contributed by atoms with van der Waals surface area (Å²) in [5.41, 5.74) is 0.934. The van der Waals surface area contributed by atoms with E-state index >= 15 is 0 Å². The molecule has 5 fully saturated rings. The lowest BCUT2D eigenvalue weighted by Gasteiger charge is -2.57. The molecule has 0 spiro atoms. The molecule has 5 aliphatic rings. The summed E-state index contributed by atoms with van der Waals surface area (Å²) in [6.07, 6.45) is 9.43. The van der Waals surface area contributed by atoms with Gasteiger partial charge in [0, 0.05) is 29.0 Å². The predicted molar refractivity (Wildman–Crippen MR) is 117 cm³/mol. The average molecular weight is 470 g/mol. The molecule has 7 rings (SSSR count). The van der Waals surface area contributed by atoms with Gasteiger partial charge in [-0.15, -0.1) is 0 Å². The molecule has 1 saturated heterocycles. The topological polar surface area (TPSA) is 59.2 Å². The lowest BCUT2D eigenvalue weighted by atomic mass is 9.49. The zero-order valence-corrected chi connectivity index (χ0v) is 18.8. The molecule has 30 heavy (non-hydrogen) atoms. The molecule has 1 aromatic carbocycles. The molecule has 4 saturated carbocycles. The second-order valence-electron chi connectivity index (χ2n) is 10.2. The van der Waals surface area contributed by atoms with Crippen molar-refractivity contribution < 1.29 is 9.32 Å². The lowest BCUT2D eigenvalue weighted by Crippen LogP contribution is -2.55. The Bertz CT molecular complexity index is 910. The molecule has 0 unspecified atom stereocenters. The first-order chi connectivity index (χ1) is 14.6. The van der Waals surface area contributed by atoms with Crippen LogP contribution in [0.5, 0.6) is 0 Å². The lowest BCUT2D eigenvalue weighted by molar-refractivity contribution is -0.158. The normalized spacial score (nSPS) is 33.2. The quantitative estimate of drug-likeness (QED) is 0.601. The molecule has 6 heteroatoms. The number of benzene rings is 1. The number of likely N-dealkylation sites (tertiary alicyclic amines) is 1. The van der Waals surface area contributed by atoms with Crippen LogP contribution in [0.15, 0.2) is 33.3 Å². The standard InChI is InChI=1S/C24H28BrN3O2/c25-20-3-1-18(2-4-20)21-26-22(30-27-21)19-5-7-28(8-6-19)23(29)24-12-15-9-16(13-24)11-17(10-15)14-24/h1-4,15-17,19H,5-14H2. The second kappa shape index (κ2) is 7.18. The van der Waals surface area contributed by atoms with Crippen LogP contribution in [0.25, 0.3) is 11.4 Å². The smallest absolute Gasteiger partial charge is 0.230 e. The maximum atomic E-state index is 13.6. The number of hydrogen-bond acceptors (Lipinski definition) is 4. The summed E-state index contributed by atoms with van der Waals surface area (Å²) in [4.78, 5) is 20.4. The van der Waals surface area contributed by atoms with Gasteiger partial charge in [-0.1, -0.05) is 21.1 Å². The molecule has 2 aromatic rings. The summed E-state index contributed by atoms with van der Waals surface area (Å²) >= 11 is 3.46. The van der Waals surface area contributed by atoms with Crippen LogP contribution in [0.3, 0.4) is 0 Å². The number of carbonyl (C=O) groups excluding carboxylic acids is 1. The van der Waals surface area contributed by atoms with E-state index in [2.05, 4.69) is 31.0 Å². The minimum absolute atomic E-state index is 0.0270. The van der Waals surface area contributed by atoms with Crippen molar-refractivity contribution in [1.82, 2.24) is 15.0 Å². The fraction of sp³-hybridized carbons (Fsp3) is 0.625. The van der Waals surface area contributed by atoms with E-state index in [-0.39, 0.29) is 11.3 Å². The molecule has 0 atom stereocenters. The number of halogens is 1. The maximum Gasteiger partial charge on any atom is 0.230 e. The number of carbonyl (C=O) groups is 1. The van der Waals surface area contributed by atoms with Crippen LogP contribution >= 0.6 is 15.9 Å². The van der Waals surface area contributed by atoms with E-state index in [9.17, 15) is 4.79 Å². The molecular weight excluding hydrogens is 442 g/mol. The Kier molecular flexibility index (Phi) is 4.55. The number of piperidine rings is 1. The Morgan fingerprint density at radius 2 is 1.60 bits per heavy atom. The van der Waals surface area contributed by atoms with Crippen LogP contribution in [0.4, 0.5) is 0 Å². The van der Waals surface area contributed by atoms with Gasteiger partial charge in [0.2, 0.25) is 17.6 Å². The molecule has 1 aromatic heterocycles. The first-order valence-electron chi connectivity index (χ1n) is 11.5. The molecule has 4 bridgehead atoms. The zero-order valence-electron chi connectivity index (χ0n) is 17.2. The highest BCUT2D eigenvalue weighted by molar-refractivity contribution is 9.10. The summed E-state index contributed by atoms with van der Waals surface area (Å²) in [7, 11) is 0. The molecule has 0 radical (unpaired) electrons. The van der Waals surface area contributed by atoms with Crippen molar-refractivity contribution in [3.63, 3.8) is 0 Å². The van der Waals surface area contributed by atoms with Crippen LogP contribution in [0.2, 0.25) is 0 Å². The van der Waals surface area contributed by atoms with E-state index in [0.717, 1.165) is 78.9 Å². The van der Waals surface area contributed by atoms with E-state index in [1.165, 1.54) is 19.3 Å². The van der Waals surface area contributed by atoms with Gasteiger partial charge in [-0.2, -0.15) is 4.98 Å². The van der Waals surface area contributed by atoms with E-state index < -0.39 is 0 Å². The van der Waals surface area contributed by atoms with E-state index in [4.69, 9.17) is 4.52 Å². The van der Waals surface area contributed by atoms with E-state index in [0.29, 0.717) is 11.7 Å². The Hall–Kier alpha value is -1.69. The van der Waals surface area contributed by atoms with Crippen LogP contribution in [-0.4, -0.2) is 34.0 Å². The van der Waals surface area contributed by atoms with Gasteiger partial charge in [-0.3, -0.25) is 4.79 Å². The van der Waals surface area contributed by atoms with Crippen molar-refractivity contribution in [2.45, 2.75) is 57.3 Å². The minimum atomic E-state index is -0.0270. The van der Waals surface area contributed by atoms with Gasteiger partial charge in [0.25, 0.3) is 0 Å². The molecule has 1 amide bonds. The van der Waals surface area contributed by atoms with Gasteiger partial charge in [0.05, 0.1) is 5.41 Å². The molecule has 158 valence electrons. The zero-order chi connectivity index (χ0) is 20.3. The monoisotopic (exact) mass is 469 g/mol. The van der Waals surface area contributed by atoms with Gasteiger partial charge in [-0.25, -0.2) is 0 Å². The number of hydrogen-bond donors (Lipinski definition) is 0. The summed E-state index contributed by atoms with van der Waals surface area (Å²) in [6.45, 7) is 1.64. The molecule has 5 nitrogen and oxygen atoms in total. The molecule has 4 aliphatic carbocycles. The van der Waals surface area contributed by atoms with Crippen molar-refractivity contribution in [3.05, 3.63) is 34.6 Å².